The van der Waals surface area contributed by atoms with Crippen molar-refractivity contribution >= 4 is 91.3 Å². The molecule has 1 aromatic heterocycles. The summed E-state index contributed by atoms with van der Waals surface area (Å²) in [5.41, 5.74) is 0. The predicted octanol–water partition coefficient (Wildman–Crippen LogP) is 4.38. The van der Waals surface area contributed by atoms with Gasteiger partial charge in [0, 0.05) is 43.5 Å². The minimum atomic E-state index is 0.793. The lowest BCUT2D eigenvalue weighted by Gasteiger charge is -2.28. The van der Waals surface area contributed by atoms with Gasteiger partial charge < -0.3 is 23.8 Å². The predicted molar refractivity (Wildman–Crippen MR) is 147 cm³/mol. The van der Waals surface area contributed by atoms with Crippen LogP contribution < -0.4 is 10.7 Å². The summed E-state index contributed by atoms with van der Waals surface area (Å²) >= 11 is 20.5. The number of ether oxygens (including phenoxy) is 2. The van der Waals surface area contributed by atoms with Crippen molar-refractivity contribution in [2.24, 2.45) is 0 Å². The van der Waals surface area contributed by atoms with E-state index < -0.39 is 0 Å². The van der Waals surface area contributed by atoms with Crippen LogP contribution in [0.3, 0.4) is 0 Å². The molecule has 2 saturated heterocycles. The molecule has 12 heteroatoms. The lowest BCUT2D eigenvalue weighted by atomic mass is 10.4. The zero-order chi connectivity index (χ0) is 22.1. The van der Waals surface area contributed by atoms with E-state index in [-0.39, 0.29) is 0 Å². The summed E-state index contributed by atoms with van der Waals surface area (Å²) in [7, 11) is 0. The molecule has 0 N–H and O–H groups in total. The third-order valence-electron chi connectivity index (χ3n) is 5.39. The van der Waals surface area contributed by atoms with E-state index in [0.29, 0.717) is 0 Å². The molecule has 2 fully saturated rings. The fourth-order valence-corrected chi connectivity index (χ4v) is 11.0. The monoisotopic (exact) mass is 561 g/mol. The number of hydrogen-bond donors (Lipinski definition) is 0. The number of nitrogens with zero attached hydrogens (tertiary/aromatic N) is 3. The van der Waals surface area contributed by atoms with Crippen molar-refractivity contribution in [2.45, 2.75) is 13.5 Å². The largest absolute Gasteiger partial charge is 0.378 e. The van der Waals surface area contributed by atoms with Gasteiger partial charge in [-0.2, -0.15) is 0 Å². The smallest absolute Gasteiger partial charge is 0.117 e. The molecule has 0 radical (unpaired) electrons. The number of morpholine rings is 2. The van der Waals surface area contributed by atoms with Crippen LogP contribution in [0.1, 0.15) is 6.92 Å². The van der Waals surface area contributed by atoms with Crippen molar-refractivity contribution in [3.05, 3.63) is 39.2 Å². The molecule has 5 nitrogen and oxygen atoms in total. The van der Waals surface area contributed by atoms with Gasteiger partial charge in [-0.15, -0.1) is 11.3 Å². The van der Waals surface area contributed by atoms with Crippen molar-refractivity contribution in [3.8, 4) is 0 Å². The summed E-state index contributed by atoms with van der Waals surface area (Å²) in [6.07, 6.45) is 0. The fourth-order valence-electron chi connectivity index (χ4n) is 3.76. The van der Waals surface area contributed by atoms with E-state index in [1.54, 1.807) is 34.9 Å². The number of hydrogen-bond acceptors (Lipinski definition) is 11. The van der Waals surface area contributed by atoms with Gasteiger partial charge in [-0.1, -0.05) is 71.5 Å². The quantitative estimate of drug-likeness (QED) is 0.496. The van der Waals surface area contributed by atoms with Gasteiger partial charge in [0.25, 0.3) is 0 Å². The van der Waals surface area contributed by atoms with Crippen LogP contribution in [0, 0.1) is 7.65 Å². The first-order valence-electron chi connectivity index (χ1n) is 10.4. The van der Waals surface area contributed by atoms with Crippen molar-refractivity contribution < 1.29 is 9.47 Å². The van der Waals surface area contributed by atoms with Crippen molar-refractivity contribution in [2.75, 3.05) is 52.6 Å². The van der Waals surface area contributed by atoms with Crippen LogP contribution in [-0.4, -0.2) is 67.0 Å². The molecule has 0 atom stereocenters. The SMILES string of the molecule is CCn1/c(=C2/SC=C(N3CCOCC3)S2)c(=S)sc(=S)/c1=C1\SC=C(N2CCOCC2)S1. The Hall–Kier alpha value is 0.0800. The molecular formula is C20H23N3O2S7. The minimum absolute atomic E-state index is 0.793. The average Bonchev–Trinajstić information content (AvgIpc) is 3.50. The first-order valence-corrected chi connectivity index (χ1v) is 15.5. The van der Waals surface area contributed by atoms with Gasteiger partial charge in [0.1, 0.15) is 7.65 Å². The summed E-state index contributed by atoms with van der Waals surface area (Å²) in [6.45, 7) is 9.97. The Morgan fingerprint density at radius 2 is 1.22 bits per heavy atom. The average molecular weight is 562 g/mol. The van der Waals surface area contributed by atoms with E-state index in [2.05, 4.69) is 32.1 Å². The molecule has 0 aliphatic carbocycles. The number of rotatable bonds is 3. The highest BCUT2D eigenvalue weighted by Gasteiger charge is 2.24. The highest BCUT2D eigenvalue weighted by molar-refractivity contribution is 8.35. The molecule has 172 valence electrons. The van der Waals surface area contributed by atoms with Gasteiger partial charge in [-0.05, 0) is 6.92 Å². The molecule has 0 unspecified atom stereocenters. The third kappa shape index (κ3) is 4.90. The second-order valence-electron chi connectivity index (χ2n) is 7.24. The van der Waals surface area contributed by atoms with E-state index in [0.717, 1.165) is 77.5 Å². The first-order chi connectivity index (χ1) is 15.7. The molecule has 4 aliphatic heterocycles. The van der Waals surface area contributed by atoms with E-state index in [9.17, 15) is 0 Å². The summed E-state index contributed by atoms with van der Waals surface area (Å²) in [6, 6.07) is 0. The zero-order valence-electron chi connectivity index (χ0n) is 17.5. The molecule has 5 rings (SSSR count). The summed E-state index contributed by atoms with van der Waals surface area (Å²) in [5, 5.41) is 9.39. The molecule has 4 aliphatic rings. The van der Waals surface area contributed by atoms with Crippen molar-refractivity contribution in [1.82, 2.24) is 14.4 Å². The standard InChI is InChI=1S/C20H23N3O2S7/c1-2-23-15(19-28-11-13(30-19)21-3-7-24-8-4-21)17(26)32-18(27)16(23)20-29-12-14(31-20)22-5-9-25-10-6-22/h11-12H,2-10H2,1H3/b19-15-,20-16-. The summed E-state index contributed by atoms with van der Waals surface area (Å²) < 4.78 is 17.6. The Kier molecular flexibility index (Phi) is 8.02. The zero-order valence-corrected chi connectivity index (χ0v) is 23.3. The van der Waals surface area contributed by atoms with E-state index in [1.165, 1.54) is 18.5 Å². The maximum Gasteiger partial charge on any atom is 0.117 e. The van der Waals surface area contributed by atoms with Crippen LogP contribution in [0.4, 0.5) is 0 Å². The molecule has 0 bridgehead atoms. The molecule has 0 saturated carbocycles. The lowest BCUT2D eigenvalue weighted by molar-refractivity contribution is 0.0578. The van der Waals surface area contributed by atoms with Gasteiger partial charge >= 0.3 is 0 Å². The Morgan fingerprint density at radius 3 is 1.62 bits per heavy atom. The molecule has 1 aromatic rings. The molecule has 0 aromatic carbocycles. The summed E-state index contributed by atoms with van der Waals surface area (Å²) in [4.78, 5) is 4.82. The Bertz CT molecular complexity index is 1100. The van der Waals surface area contributed by atoms with Crippen molar-refractivity contribution in [1.29, 1.82) is 0 Å². The highest BCUT2D eigenvalue weighted by atomic mass is 32.2. The number of thioether (sulfide) groups is 4. The lowest BCUT2D eigenvalue weighted by Crippen LogP contribution is -2.36. The Balaban J connectivity index is 1.53. The normalized spacial score (nSPS) is 25.3. The highest BCUT2D eigenvalue weighted by Crippen LogP contribution is 2.47. The minimum Gasteiger partial charge on any atom is -0.378 e. The van der Waals surface area contributed by atoms with Gasteiger partial charge in [0.15, 0.2) is 0 Å². The van der Waals surface area contributed by atoms with Gasteiger partial charge in [-0.25, -0.2) is 0 Å². The van der Waals surface area contributed by atoms with Gasteiger partial charge in [-0.3, -0.25) is 0 Å². The van der Waals surface area contributed by atoms with E-state index >= 15 is 0 Å². The van der Waals surface area contributed by atoms with Crippen LogP contribution in [0.15, 0.2) is 20.9 Å². The second-order valence-corrected chi connectivity index (χ2v) is 13.9. The maximum atomic E-state index is 5.85. The third-order valence-corrected chi connectivity index (χ3v) is 11.8. The van der Waals surface area contributed by atoms with E-state index in [4.69, 9.17) is 33.9 Å². The first kappa shape index (κ1) is 23.8. The van der Waals surface area contributed by atoms with Crippen LogP contribution in [0.25, 0.3) is 8.47 Å². The molecule has 0 amide bonds. The number of aromatic nitrogens is 1. The Labute approximate surface area is 219 Å². The van der Waals surface area contributed by atoms with Crippen LogP contribution in [0.5, 0.6) is 0 Å². The topological polar surface area (TPSA) is 29.9 Å². The molecule has 32 heavy (non-hydrogen) atoms. The fraction of sp³-hybridized carbons (Fsp3) is 0.500. The van der Waals surface area contributed by atoms with Gasteiger partial charge in [0.05, 0.1) is 55.7 Å². The van der Waals surface area contributed by atoms with Crippen LogP contribution in [-0.2, 0) is 16.0 Å². The Morgan fingerprint density at radius 1 is 0.781 bits per heavy atom. The second kappa shape index (κ2) is 10.8. The summed E-state index contributed by atoms with van der Waals surface area (Å²) in [5.74, 6) is 0. The maximum absolute atomic E-state index is 5.85. The molecular weight excluding hydrogens is 539 g/mol. The molecule has 0 spiro atoms. The van der Waals surface area contributed by atoms with Crippen LogP contribution >= 0.6 is 82.8 Å². The van der Waals surface area contributed by atoms with E-state index in [1.807, 2.05) is 23.5 Å². The van der Waals surface area contributed by atoms with Crippen molar-refractivity contribution in [3.63, 3.8) is 0 Å². The van der Waals surface area contributed by atoms with Gasteiger partial charge in [0.2, 0.25) is 0 Å². The molecule has 5 heterocycles. The van der Waals surface area contributed by atoms with Crippen LogP contribution in [0.2, 0.25) is 0 Å².